The molecule has 0 aliphatic heterocycles. The Morgan fingerprint density at radius 3 is 1.55 bits per heavy atom. The summed E-state index contributed by atoms with van der Waals surface area (Å²) in [4.78, 5) is 0. The molecule has 1 aliphatic carbocycles. The Bertz CT molecular complexity index is 1760. The fourth-order valence-corrected chi connectivity index (χ4v) is 11.7. The van der Waals surface area contributed by atoms with Gasteiger partial charge in [0.1, 0.15) is 0 Å². The van der Waals surface area contributed by atoms with Crippen LogP contribution in [-0.4, -0.2) is 16.2 Å². The van der Waals surface area contributed by atoms with E-state index in [4.69, 9.17) is 0 Å². The molecule has 40 heavy (non-hydrogen) atoms. The van der Waals surface area contributed by atoms with Gasteiger partial charge in [0.05, 0.1) is 0 Å². The summed E-state index contributed by atoms with van der Waals surface area (Å²) in [5.74, 6) is -34.2. The van der Waals surface area contributed by atoms with Crippen molar-refractivity contribution in [3.05, 3.63) is 111 Å². The Labute approximate surface area is 218 Å². The van der Waals surface area contributed by atoms with Crippen LogP contribution in [0.2, 0.25) is 0 Å². The van der Waals surface area contributed by atoms with Gasteiger partial charge in [-0.3, -0.25) is 0 Å². The van der Waals surface area contributed by atoms with Crippen molar-refractivity contribution in [1.29, 1.82) is 0 Å². The number of hydrogen-bond donors (Lipinski definition) is 0. The van der Waals surface area contributed by atoms with E-state index in [9.17, 15) is 48.3 Å². The molecule has 0 nitrogen and oxygen atoms in total. The van der Waals surface area contributed by atoms with Crippen LogP contribution in [0.5, 0.6) is 0 Å². The number of halogens is 14. The van der Waals surface area contributed by atoms with Crippen LogP contribution in [0, 0.1) is 69.8 Å². The van der Waals surface area contributed by atoms with Gasteiger partial charge in [0.15, 0.2) is 0 Å². The molecular formula is C25H5F14Ga. The number of benzene rings is 4. The zero-order chi connectivity index (χ0) is 29.6. The van der Waals surface area contributed by atoms with Crippen LogP contribution in [0.3, 0.4) is 0 Å². The van der Waals surface area contributed by atoms with Gasteiger partial charge >= 0.3 is 218 Å². The minimum atomic E-state index is -5.67. The van der Waals surface area contributed by atoms with Crippen LogP contribution in [0.4, 0.5) is 61.5 Å². The fourth-order valence-electron chi connectivity index (χ4n) is 4.78. The van der Waals surface area contributed by atoms with Gasteiger partial charge in [-0.05, 0) is 0 Å². The summed E-state index contributed by atoms with van der Waals surface area (Å²) >= 11 is -5.67. The third-order valence-electron chi connectivity index (χ3n) is 6.46. The standard InChI is InChI=1S/C13F9.C6H2F3.C6H3F2.Ga/c14-3-1-2-4(8(16)7(3)15)5-6(13(2,21)22)10(18)12(20)11(19)9(5)17;7-4-2-1-3-5(8)6(4)9;7-5-3-1-2-4-6(5)8;/h;1-2H;1-3H;. The van der Waals surface area contributed by atoms with Crippen molar-refractivity contribution in [2.45, 2.75) is 5.92 Å². The van der Waals surface area contributed by atoms with Crippen LogP contribution >= 0.6 is 0 Å². The fraction of sp³-hybridized carbons (Fsp3) is 0.0400. The van der Waals surface area contributed by atoms with Crippen LogP contribution in [0.15, 0.2) is 30.3 Å². The van der Waals surface area contributed by atoms with E-state index in [0.29, 0.717) is 24.3 Å². The number of fused-ring (bicyclic) bond motifs is 3. The van der Waals surface area contributed by atoms with Crippen LogP contribution in [-0.2, 0) is 5.92 Å². The zero-order valence-corrected chi connectivity index (χ0v) is 21.2. The maximum atomic E-state index is 15.7. The predicted molar refractivity (Wildman–Crippen MR) is 112 cm³/mol. The second-order valence-corrected chi connectivity index (χ2v) is 14.2. The normalized spacial score (nSPS) is 13.4. The zero-order valence-electron chi connectivity index (χ0n) is 18.8. The second kappa shape index (κ2) is 9.29. The van der Waals surface area contributed by atoms with Gasteiger partial charge < -0.3 is 0 Å². The van der Waals surface area contributed by atoms with Gasteiger partial charge in [0.2, 0.25) is 0 Å². The average Bonchev–Trinajstić information content (AvgIpc) is 3.15. The molecule has 0 saturated heterocycles. The summed E-state index contributed by atoms with van der Waals surface area (Å²) in [5, 5.41) is 0. The predicted octanol–water partition coefficient (Wildman–Crippen LogP) is 5.99. The molecule has 0 radical (unpaired) electrons. The molecule has 4 aromatic carbocycles. The Hall–Kier alpha value is -3.46. The van der Waals surface area contributed by atoms with E-state index < -0.39 is 127 Å². The molecule has 0 amide bonds. The summed E-state index contributed by atoms with van der Waals surface area (Å²) < 4.78 is 202. The summed E-state index contributed by atoms with van der Waals surface area (Å²) in [5.41, 5.74) is -8.64. The molecule has 0 heterocycles. The molecular weight excluding hydrogens is 636 g/mol. The molecule has 1 aliphatic rings. The van der Waals surface area contributed by atoms with Gasteiger partial charge in [-0.2, -0.15) is 0 Å². The molecule has 0 aromatic heterocycles. The first-order chi connectivity index (χ1) is 18.6. The van der Waals surface area contributed by atoms with Crippen molar-refractivity contribution >= 4 is 28.6 Å². The maximum absolute atomic E-state index is 15.7. The molecule has 5 rings (SSSR count). The topological polar surface area (TPSA) is 0 Å². The van der Waals surface area contributed by atoms with E-state index >= 15 is 13.2 Å². The number of rotatable bonds is 3. The Morgan fingerprint density at radius 1 is 0.425 bits per heavy atom. The van der Waals surface area contributed by atoms with E-state index in [-0.39, 0.29) is 6.07 Å². The van der Waals surface area contributed by atoms with Crippen LogP contribution in [0.25, 0.3) is 11.1 Å². The van der Waals surface area contributed by atoms with Crippen molar-refractivity contribution in [1.82, 2.24) is 0 Å². The van der Waals surface area contributed by atoms with Crippen LogP contribution in [0.1, 0.15) is 11.1 Å². The third-order valence-corrected chi connectivity index (χ3v) is 13.3. The van der Waals surface area contributed by atoms with E-state index in [1.54, 1.807) is 0 Å². The quantitative estimate of drug-likeness (QED) is 0.112. The first-order valence-corrected chi connectivity index (χ1v) is 14.3. The number of alkyl halides is 2. The van der Waals surface area contributed by atoms with E-state index in [2.05, 4.69) is 0 Å². The van der Waals surface area contributed by atoms with Gasteiger partial charge in [-0.25, -0.2) is 0 Å². The first kappa shape index (κ1) is 28.1. The molecule has 0 bridgehead atoms. The summed E-state index contributed by atoms with van der Waals surface area (Å²) in [7, 11) is 0. The minimum absolute atomic E-state index is 0.193. The molecule has 15 heteroatoms. The molecule has 4 aromatic rings. The van der Waals surface area contributed by atoms with E-state index in [1.165, 1.54) is 0 Å². The Balaban J connectivity index is 2.03. The summed E-state index contributed by atoms with van der Waals surface area (Å²) in [6.45, 7) is 0. The first-order valence-electron chi connectivity index (χ1n) is 10.7. The van der Waals surface area contributed by atoms with Crippen molar-refractivity contribution in [3.63, 3.8) is 0 Å². The van der Waals surface area contributed by atoms with Crippen molar-refractivity contribution in [3.8, 4) is 11.1 Å². The molecule has 206 valence electrons. The van der Waals surface area contributed by atoms with Crippen molar-refractivity contribution < 1.29 is 61.5 Å². The third kappa shape index (κ3) is 3.62. The van der Waals surface area contributed by atoms with E-state index in [1.807, 2.05) is 0 Å². The molecule has 0 unspecified atom stereocenters. The molecule has 0 spiro atoms. The molecule has 0 saturated carbocycles. The van der Waals surface area contributed by atoms with E-state index in [0.717, 1.165) is 0 Å². The van der Waals surface area contributed by atoms with Crippen molar-refractivity contribution in [2.75, 3.05) is 0 Å². The van der Waals surface area contributed by atoms with Gasteiger partial charge in [-0.15, -0.1) is 0 Å². The van der Waals surface area contributed by atoms with Gasteiger partial charge in [-0.1, -0.05) is 0 Å². The summed E-state index contributed by atoms with van der Waals surface area (Å²) in [6, 6.07) is 2.28. The Morgan fingerprint density at radius 2 is 0.925 bits per heavy atom. The SMILES string of the molecule is Fc1ccc[c]([Ga]([c]2ccc(F)c(F)c2F)[c]2c(F)c(F)c(F)c3c2C(F)(F)c2c(F)c(F)c(F)c(F)c2-3)c1F. The monoisotopic (exact) mass is 640 g/mol. The second-order valence-electron chi connectivity index (χ2n) is 8.53. The molecule has 0 N–H and O–H groups in total. The molecule has 0 fully saturated rings. The average molecular weight is 641 g/mol. The van der Waals surface area contributed by atoms with Crippen LogP contribution < -0.4 is 12.4 Å². The van der Waals surface area contributed by atoms with Gasteiger partial charge in [0, 0.05) is 0 Å². The summed E-state index contributed by atoms with van der Waals surface area (Å²) in [6.07, 6.45) is 0. The van der Waals surface area contributed by atoms with Crippen molar-refractivity contribution in [2.24, 2.45) is 0 Å². The Kier molecular flexibility index (Phi) is 6.52. The van der Waals surface area contributed by atoms with Gasteiger partial charge in [0.25, 0.3) is 0 Å². The number of hydrogen-bond acceptors (Lipinski definition) is 0. The molecule has 0 atom stereocenters.